The van der Waals surface area contributed by atoms with E-state index < -0.39 is 0 Å². The first-order valence-corrected chi connectivity index (χ1v) is 8.64. The molecule has 1 aliphatic heterocycles. The van der Waals surface area contributed by atoms with Crippen molar-refractivity contribution in [3.8, 4) is 5.75 Å². The summed E-state index contributed by atoms with van der Waals surface area (Å²) in [6.45, 7) is 4.59. The summed E-state index contributed by atoms with van der Waals surface area (Å²) in [5.74, 6) is 0.542. The molecule has 4 N–H and O–H groups in total. The zero-order valence-corrected chi connectivity index (χ0v) is 14.9. The van der Waals surface area contributed by atoms with Gasteiger partial charge in [-0.3, -0.25) is 9.59 Å². The maximum Gasteiger partial charge on any atom is 0.262 e. The van der Waals surface area contributed by atoms with Gasteiger partial charge in [-0.05, 0) is 35.2 Å². The van der Waals surface area contributed by atoms with Crippen LogP contribution >= 0.6 is 0 Å². The largest absolute Gasteiger partial charge is 0.482 e. The van der Waals surface area contributed by atoms with Crippen LogP contribution in [0.3, 0.4) is 0 Å². The SMILES string of the molecule is CC(C)c1ccc(C(N)CNC(=O)c2ccc3c(c2)NC(=O)CO3)cc1. The second-order valence-electron chi connectivity index (χ2n) is 6.69. The van der Waals surface area contributed by atoms with Gasteiger partial charge in [0.05, 0.1) is 5.69 Å². The van der Waals surface area contributed by atoms with E-state index in [1.165, 1.54) is 5.56 Å². The first-order valence-electron chi connectivity index (χ1n) is 8.64. The van der Waals surface area contributed by atoms with Crippen LogP contribution < -0.4 is 21.1 Å². The van der Waals surface area contributed by atoms with Crippen molar-refractivity contribution in [3.05, 3.63) is 59.2 Å². The number of nitrogens with two attached hydrogens (primary N) is 1. The number of carbonyl (C=O) groups is 2. The van der Waals surface area contributed by atoms with E-state index in [0.717, 1.165) is 5.56 Å². The van der Waals surface area contributed by atoms with Crippen molar-refractivity contribution in [2.75, 3.05) is 18.5 Å². The normalized spacial score (nSPS) is 14.2. The number of fused-ring (bicyclic) bond motifs is 1. The van der Waals surface area contributed by atoms with Crippen LogP contribution in [0.25, 0.3) is 0 Å². The Bertz CT molecular complexity index is 816. The molecule has 1 heterocycles. The zero-order valence-electron chi connectivity index (χ0n) is 14.9. The van der Waals surface area contributed by atoms with Gasteiger partial charge in [0.1, 0.15) is 5.75 Å². The molecule has 0 saturated carbocycles. The van der Waals surface area contributed by atoms with Crippen molar-refractivity contribution >= 4 is 17.5 Å². The summed E-state index contributed by atoms with van der Waals surface area (Å²) in [5, 5.41) is 5.53. The molecule has 3 rings (SSSR count). The summed E-state index contributed by atoms with van der Waals surface area (Å²) in [6.07, 6.45) is 0. The molecule has 0 bridgehead atoms. The number of nitrogens with one attached hydrogen (secondary N) is 2. The van der Waals surface area contributed by atoms with E-state index in [-0.39, 0.29) is 24.5 Å². The van der Waals surface area contributed by atoms with Crippen molar-refractivity contribution in [1.29, 1.82) is 0 Å². The molecule has 0 aliphatic carbocycles. The second kappa shape index (κ2) is 7.58. The van der Waals surface area contributed by atoms with Crippen molar-refractivity contribution in [2.24, 2.45) is 5.73 Å². The number of hydrogen-bond acceptors (Lipinski definition) is 4. The fourth-order valence-corrected chi connectivity index (χ4v) is 2.78. The summed E-state index contributed by atoms with van der Waals surface area (Å²) in [6, 6.07) is 12.8. The number of rotatable bonds is 5. The Labute approximate surface area is 152 Å². The minimum absolute atomic E-state index is 0.0109. The fourth-order valence-electron chi connectivity index (χ4n) is 2.78. The Morgan fingerprint density at radius 2 is 1.88 bits per heavy atom. The quantitative estimate of drug-likeness (QED) is 0.770. The molecule has 0 saturated heterocycles. The van der Waals surface area contributed by atoms with Gasteiger partial charge in [0, 0.05) is 18.2 Å². The molecule has 136 valence electrons. The predicted molar refractivity (Wildman–Crippen MR) is 100 cm³/mol. The molecular weight excluding hydrogens is 330 g/mol. The summed E-state index contributed by atoms with van der Waals surface area (Å²) in [7, 11) is 0. The molecule has 0 aromatic heterocycles. The van der Waals surface area contributed by atoms with Gasteiger partial charge in [0.25, 0.3) is 11.8 Å². The number of hydrogen-bond donors (Lipinski definition) is 3. The lowest BCUT2D eigenvalue weighted by Crippen LogP contribution is -2.32. The topological polar surface area (TPSA) is 93.5 Å². The van der Waals surface area contributed by atoms with Gasteiger partial charge in [0.15, 0.2) is 6.61 Å². The minimum atomic E-state index is -0.291. The van der Waals surface area contributed by atoms with Gasteiger partial charge < -0.3 is 21.1 Å². The summed E-state index contributed by atoms with van der Waals surface area (Å²) < 4.78 is 5.29. The lowest BCUT2D eigenvalue weighted by molar-refractivity contribution is -0.118. The van der Waals surface area contributed by atoms with E-state index in [2.05, 4.69) is 36.6 Å². The second-order valence-corrected chi connectivity index (χ2v) is 6.69. The van der Waals surface area contributed by atoms with Gasteiger partial charge in [-0.1, -0.05) is 38.1 Å². The molecule has 1 atom stereocenters. The summed E-state index contributed by atoms with van der Waals surface area (Å²) in [4.78, 5) is 23.8. The molecule has 0 spiro atoms. The highest BCUT2D eigenvalue weighted by Crippen LogP contribution is 2.28. The van der Waals surface area contributed by atoms with Crippen LogP contribution in [-0.2, 0) is 4.79 Å². The van der Waals surface area contributed by atoms with E-state index >= 15 is 0 Å². The van der Waals surface area contributed by atoms with Gasteiger partial charge in [-0.2, -0.15) is 0 Å². The van der Waals surface area contributed by atoms with Crippen molar-refractivity contribution in [3.63, 3.8) is 0 Å². The van der Waals surface area contributed by atoms with Crippen molar-refractivity contribution in [1.82, 2.24) is 5.32 Å². The lowest BCUT2D eigenvalue weighted by Gasteiger charge is -2.19. The number of amides is 2. The zero-order chi connectivity index (χ0) is 18.7. The minimum Gasteiger partial charge on any atom is -0.482 e. The van der Waals surface area contributed by atoms with Crippen molar-refractivity contribution < 1.29 is 14.3 Å². The van der Waals surface area contributed by atoms with Crippen LogP contribution in [0.5, 0.6) is 5.75 Å². The first-order chi connectivity index (χ1) is 12.4. The molecule has 0 fully saturated rings. The van der Waals surface area contributed by atoms with E-state index in [9.17, 15) is 9.59 Å². The highest BCUT2D eigenvalue weighted by atomic mass is 16.5. The van der Waals surface area contributed by atoms with Gasteiger partial charge in [-0.25, -0.2) is 0 Å². The average molecular weight is 353 g/mol. The van der Waals surface area contributed by atoms with Crippen LogP contribution in [-0.4, -0.2) is 25.0 Å². The van der Waals surface area contributed by atoms with E-state index in [0.29, 0.717) is 29.5 Å². The van der Waals surface area contributed by atoms with Crippen LogP contribution in [0.4, 0.5) is 5.69 Å². The Balaban J connectivity index is 1.61. The fraction of sp³-hybridized carbons (Fsp3) is 0.300. The summed E-state index contributed by atoms with van der Waals surface area (Å²) in [5.41, 5.74) is 9.35. The maximum absolute atomic E-state index is 12.4. The van der Waals surface area contributed by atoms with Crippen LogP contribution in [0.15, 0.2) is 42.5 Å². The van der Waals surface area contributed by atoms with Crippen LogP contribution in [0.2, 0.25) is 0 Å². The number of carbonyl (C=O) groups excluding carboxylic acids is 2. The predicted octanol–water partition coefficient (Wildman–Crippen LogP) is 2.57. The number of anilines is 1. The van der Waals surface area contributed by atoms with Crippen LogP contribution in [0, 0.1) is 0 Å². The third-order valence-corrected chi connectivity index (χ3v) is 4.39. The molecule has 0 radical (unpaired) electrons. The Hall–Kier alpha value is -2.86. The van der Waals surface area contributed by atoms with Gasteiger partial charge in [-0.15, -0.1) is 0 Å². The highest BCUT2D eigenvalue weighted by molar-refractivity contribution is 5.99. The van der Waals surface area contributed by atoms with E-state index in [1.54, 1.807) is 18.2 Å². The smallest absolute Gasteiger partial charge is 0.262 e. The molecule has 1 unspecified atom stereocenters. The third-order valence-electron chi connectivity index (χ3n) is 4.39. The first kappa shape index (κ1) is 17.9. The van der Waals surface area contributed by atoms with Crippen LogP contribution in [0.1, 0.15) is 47.3 Å². The Morgan fingerprint density at radius 1 is 1.19 bits per heavy atom. The maximum atomic E-state index is 12.4. The lowest BCUT2D eigenvalue weighted by atomic mass is 9.99. The number of ether oxygens (including phenoxy) is 1. The molecule has 26 heavy (non-hydrogen) atoms. The molecule has 1 aliphatic rings. The Morgan fingerprint density at radius 3 is 2.58 bits per heavy atom. The summed E-state index contributed by atoms with van der Waals surface area (Å²) >= 11 is 0. The van der Waals surface area contributed by atoms with E-state index in [4.69, 9.17) is 10.5 Å². The van der Waals surface area contributed by atoms with Gasteiger partial charge >= 0.3 is 0 Å². The standard InChI is InChI=1S/C20H23N3O3/c1-12(2)13-3-5-14(6-4-13)16(21)10-22-20(25)15-7-8-18-17(9-15)23-19(24)11-26-18/h3-9,12,16H,10-11,21H2,1-2H3,(H,22,25)(H,23,24). The number of benzene rings is 2. The van der Waals surface area contributed by atoms with Gasteiger partial charge in [0.2, 0.25) is 0 Å². The monoisotopic (exact) mass is 353 g/mol. The molecule has 2 amide bonds. The van der Waals surface area contributed by atoms with E-state index in [1.807, 2.05) is 12.1 Å². The molecule has 6 heteroatoms. The Kier molecular flexibility index (Phi) is 5.23. The average Bonchev–Trinajstić information content (AvgIpc) is 2.65. The third kappa shape index (κ3) is 4.03. The van der Waals surface area contributed by atoms with Crippen molar-refractivity contribution in [2.45, 2.75) is 25.8 Å². The highest BCUT2D eigenvalue weighted by Gasteiger charge is 2.18. The molecule has 2 aromatic rings. The molecule has 6 nitrogen and oxygen atoms in total. The molecular formula is C20H23N3O3. The molecule has 2 aromatic carbocycles.